The molecule has 0 fully saturated rings. The van der Waals surface area contributed by atoms with E-state index < -0.39 is 11.9 Å². The second-order valence-electron chi connectivity index (χ2n) is 8.03. The SMILES string of the molecule is CC(C)(C)c1ccc(Oc2ccc(CC(C(=O)O)c3ccccc3)cc2)cc1. The fraction of sp³-hybridized carbons (Fsp3) is 0.240. The summed E-state index contributed by atoms with van der Waals surface area (Å²) in [6.45, 7) is 6.55. The number of ether oxygens (including phenoxy) is 1. The highest BCUT2D eigenvalue weighted by Crippen LogP contribution is 2.28. The van der Waals surface area contributed by atoms with E-state index in [-0.39, 0.29) is 5.41 Å². The third-order valence-electron chi connectivity index (χ3n) is 4.82. The lowest BCUT2D eigenvalue weighted by Gasteiger charge is -2.19. The van der Waals surface area contributed by atoms with Crippen LogP contribution < -0.4 is 4.74 Å². The molecule has 0 saturated heterocycles. The van der Waals surface area contributed by atoms with E-state index in [9.17, 15) is 9.90 Å². The summed E-state index contributed by atoms with van der Waals surface area (Å²) in [6, 6.07) is 25.1. The molecular weight excluding hydrogens is 348 g/mol. The summed E-state index contributed by atoms with van der Waals surface area (Å²) < 4.78 is 5.92. The Morgan fingerprint density at radius 3 is 1.89 bits per heavy atom. The van der Waals surface area contributed by atoms with Crippen molar-refractivity contribution in [2.75, 3.05) is 0 Å². The van der Waals surface area contributed by atoms with Gasteiger partial charge in [0.05, 0.1) is 5.92 Å². The Bertz CT molecular complexity index is 905. The highest BCUT2D eigenvalue weighted by Gasteiger charge is 2.20. The van der Waals surface area contributed by atoms with Crippen LogP contribution in [0.3, 0.4) is 0 Å². The van der Waals surface area contributed by atoms with Crippen molar-refractivity contribution in [1.82, 2.24) is 0 Å². The number of carboxylic acid groups (broad SMARTS) is 1. The van der Waals surface area contributed by atoms with E-state index >= 15 is 0 Å². The van der Waals surface area contributed by atoms with Crippen LogP contribution >= 0.6 is 0 Å². The van der Waals surface area contributed by atoms with Gasteiger partial charge < -0.3 is 9.84 Å². The zero-order valence-electron chi connectivity index (χ0n) is 16.6. The van der Waals surface area contributed by atoms with Crippen LogP contribution in [0.15, 0.2) is 78.9 Å². The molecule has 3 aromatic rings. The van der Waals surface area contributed by atoms with Crippen LogP contribution in [0.2, 0.25) is 0 Å². The summed E-state index contributed by atoms with van der Waals surface area (Å²) >= 11 is 0. The third-order valence-corrected chi connectivity index (χ3v) is 4.82. The molecule has 0 amide bonds. The summed E-state index contributed by atoms with van der Waals surface area (Å²) in [5.74, 6) is 0.149. The minimum Gasteiger partial charge on any atom is -0.481 e. The first-order valence-electron chi connectivity index (χ1n) is 9.48. The molecule has 0 radical (unpaired) electrons. The van der Waals surface area contributed by atoms with Crippen molar-refractivity contribution in [3.63, 3.8) is 0 Å². The van der Waals surface area contributed by atoms with Crippen LogP contribution in [-0.2, 0) is 16.6 Å². The van der Waals surface area contributed by atoms with Crippen molar-refractivity contribution in [3.8, 4) is 11.5 Å². The van der Waals surface area contributed by atoms with Gasteiger partial charge in [-0.1, -0.05) is 75.4 Å². The molecule has 144 valence electrons. The molecule has 1 atom stereocenters. The molecule has 0 saturated carbocycles. The number of hydrogen-bond acceptors (Lipinski definition) is 2. The van der Waals surface area contributed by atoms with Gasteiger partial charge in [0.15, 0.2) is 0 Å². The van der Waals surface area contributed by atoms with Gasteiger partial charge >= 0.3 is 5.97 Å². The summed E-state index contributed by atoms with van der Waals surface area (Å²) in [5, 5.41) is 9.59. The maximum Gasteiger partial charge on any atom is 0.311 e. The van der Waals surface area contributed by atoms with E-state index in [0.717, 1.165) is 22.6 Å². The highest BCUT2D eigenvalue weighted by atomic mass is 16.5. The zero-order valence-corrected chi connectivity index (χ0v) is 16.6. The van der Waals surface area contributed by atoms with Crippen molar-refractivity contribution >= 4 is 5.97 Å². The van der Waals surface area contributed by atoms with Crippen LogP contribution in [0.4, 0.5) is 0 Å². The Hall–Kier alpha value is -3.07. The lowest BCUT2D eigenvalue weighted by Crippen LogP contribution is -2.14. The van der Waals surface area contributed by atoms with Gasteiger partial charge in [-0.2, -0.15) is 0 Å². The lowest BCUT2D eigenvalue weighted by molar-refractivity contribution is -0.138. The molecule has 0 aliphatic rings. The first-order chi connectivity index (χ1) is 13.3. The molecule has 3 aromatic carbocycles. The van der Waals surface area contributed by atoms with Crippen LogP contribution in [0, 0.1) is 0 Å². The quantitative estimate of drug-likeness (QED) is 0.560. The molecule has 3 nitrogen and oxygen atoms in total. The average molecular weight is 374 g/mol. The Balaban J connectivity index is 1.68. The summed E-state index contributed by atoms with van der Waals surface area (Å²) in [5.41, 5.74) is 3.15. The van der Waals surface area contributed by atoms with Gasteiger partial charge in [-0.3, -0.25) is 4.79 Å². The van der Waals surface area contributed by atoms with E-state index in [1.807, 2.05) is 66.7 Å². The number of carboxylic acids is 1. The fourth-order valence-corrected chi connectivity index (χ4v) is 3.12. The zero-order chi connectivity index (χ0) is 20.1. The fourth-order valence-electron chi connectivity index (χ4n) is 3.12. The summed E-state index contributed by atoms with van der Waals surface area (Å²) in [7, 11) is 0. The average Bonchev–Trinajstić information content (AvgIpc) is 2.67. The first kappa shape index (κ1) is 19.7. The molecule has 0 aromatic heterocycles. The third kappa shape index (κ3) is 5.01. The minimum absolute atomic E-state index is 0.111. The number of benzene rings is 3. The van der Waals surface area contributed by atoms with E-state index in [1.165, 1.54) is 5.56 Å². The van der Waals surface area contributed by atoms with Gasteiger partial charge in [0.25, 0.3) is 0 Å². The Morgan fingerprint density at radius 2 is 1.39 bits per heavy atom. The van der Waals surface area contributed by atoms with Crippen molar-refractivity contribution in [2.24, 2.45) is 0 Å². The van der Waals surface area contributed by atoms with Crippen LogP contribution in [0.25, 0.3) is 0 Å². The van der Waals surface area contributed by atoms with Gasteiger partial charge in [-0.05, 0) is 52.8 Å². The van der Waals surface area contributed by atoms with Crippen molar-refractivity contribution in [3.05, 3.63) is 95.6 Å². The monoisotopic (exact) mass is 374 g/mol. The van der Waals surface area contributed by atoms with Gasteiger partial charge in [-0.15, -0.1) is 0 Å². The van der Waals surface area contributed by atoms with Crippen molar-refractivity contribution < 1.29 is 14.6 Å². The van der Waals surface area contributed by atoms with E-state index in [1.54, 1.807) is 0 Å². The largest absolute Gasteiger partial charge is 0.481 e. The lowest BCUT2D eigenvalue weighted by atomic mass is 9.87. The van der Waals surface area contributed by atoms with Gasteiger partial charge in [0, 0.05) is 0 Å². The van der Waals surface area contributed by atoms with Gasteiger partial charge in [-0.25, -0.2) is 0 Å². The Morgan fingerprint density at radius 1 is 0.857 bits per heavy atom. The molecule has 28 heavy (non-hydrogen) atoms. The van der Waals surface area contributed by atoms with E-state index in [2.05, 4.69) is 32.9 Å². The Kier molecular flexibility index (Phi) is 5.84. The molecule has 0 heterocycles. The molecular formula is C25H26O3. The number of aliphatic carboxylic acids is 1. The normalized spacial score (nSPS) is 12.4. The molecule has 0 aliphatic carbocycles. The van der Waals surface area contributed by atoms with Gasteiger partial charge in [0.2, 0.25) is 0 Å². The summed E-state index contributed by atoms with van der Waals surface area (Å²) in [6.07, 6.45) is 0.444. The van der Waals surface area contributed by atoms with Crippen LogP contribution in [0.5, 0.6) is 11.5 Å². The van der Waals surface area contributed by atoms with Gasteiger partial charge in [0.1, 0.15) is 11.5 Å². The molecule has 1 unspecified atom stereocenters. The van der Waals surface area contributed by atoms with Crippen molar-refractivity contribution in [1.29, 1.82) is 0 Å². The molecule has 0 aliphatic heterocycles. The van der Waals surface area contributed by atoms with Crippen molar-refractivity contribution in [2.45, 2.75) is 38.5 Å². The number of rotatable bonds is 6. The molecule has 0 spiro atoms. The molecule has 0 bridgehead atoms. The maximum absolute atomic E-state index is 11.7. The van der Waals surface area contributed by atoms with Crippen LogP contribution in [-0.4, -0.2) is 11.1 Å². The number of hydrogen-bond donors (Lipinski definition) is 1. The smallest absolute Gasteiger partial charge is 0.311 e. The molecule has 3 heteroatoms. The maximum atomic E-state index is 11.7. The van der Waals surface area contributed by atoms with E-state index in [4.69, 9.17) is 4.74 Å². The highest BCUT2D eigenvalue weighted by molar-refractivity contribution is 5.76. The Labute approximate surface area is 166 Å². The second kappa shape index (κ2) is 8.30. The first-order valence-corrected chi connectivity index (χ1v) is 9.48. The predicted molar refractivity (Wildman–Crippen MR) is 112 cm³/mol. The van der Waals surface area contributed by atoms with Crippen LogP contribution in [0.1, 0.15) is 43.4 Å². The predicted octanol–water partition coefficient (Wildman–Crippen LogP) is 6.19. The molecule has 1 N–H and O–H groups in total. The second-order valence-corrected chi connectivity index (χ2v) is 8.03. The standard InChI is InChI=1S/C25H26O3/c1-25(2,3)20-11-15-22(16-12-20)28-21-13-9-18(10-14-21)17-23(24(26)27)19-7-5-4-6-8-19/h4-16,23H,17H2,1-3H3,(H,26,27). The summed E-state index contributed by atoms with van der Waals surface area (Å²) in [4.78, 5) is 11.7. The molecule has 3 rings (SSSR count). The topological polar surface area (TPSA) is 46.5 Å². The minimum atomic E-state index is -0.814. The van der Waals surface area contributed by atoms with E-state index in [0.29, 0.717) is 6.42 Å². The number of carbonyl (C=O) groups is 1.